The molecule has 0 saturated carbocycles. The highest BCUT2D eigenvalue weighted by Crippen LogP contribution is 2.23. The number of nitrogens with one attached hydrogen (secondary N) is 2. The lowest BCUT2D eigenvalue weighted by Gasteiger charge is -2.11. The van der Waals surface area contributed by atoms with Crippen molar-refractivity contribution >= 4 is 41.3 Å². The van der Waals surface area contributed by atoms with Crippen molar-refractivity contribution in [1.82, 2.24) is 15.6 Å². The topological polar surface area (TPSA) is 71.7 Å². The van der Waals surface area contributed by atoms with Crippen LogP contribution in [-0.2, 0) is 13.0 Å². The van der Waals surface area contributed by atoms with Gasteiger partial charge < -0.3 is 19.8 Å². The molecule has 0 aliphatic heterocycles. The zero-order valence-corrected chi connectivity index (χ0v) is 18.4. The quantitative estimate of drug-likeness (QED) is 0.294. The van der Waals surface area contributed by atoms with Crippen LogP contribution in [0.3, 0.4) is 0 Å². The number of benzene rings is 1. The lowest BCUT2D eigenvalue weighted by atomic mass is 10.1. The van der Waals surface area contributed by atoms with Crippen molar-refractivity contribution in [3.8, 4) is 16.5 Å². The molecule has 2 heterocycles. The summed E-state index contributed by atoms with van der Waals surface area (Å²) in [6.07, 6.45) is 2.57. The van der Waals surface area contributed by atoms with E-state index in [0.717, 1.165) is 35.2 Å². The SMILES string of the molecule is CN=C(NCCc1ccc(OC)cc1)NCc1coc(-c2cccs2)n1.I. The Morgan fingerprint density at radius 3 is 2.70 bits per heavy atom. The minimum atomic E-state index is 0. The molecule has 0 saturated heterocycles. The van der Waals surface area contributed by atoms with Crippen molar-refractivity contribution in [2.75, 3.05) is 20.7 Å². The summed E-state index contributed by atoms with van der Waals surface area (Å²) >= 11 is 1.61. The van der Waals surface area contributed by atoms with Gasteiger partial charge in [-0.1, -0.05) is 18.2 Å². The summed E-state index contributed by atoms with van der Waals surface area (Å²) in [6, 6.07) is 12.1. The minimum absolute atomic E-state index is 0. The first kappa shape index (κ1) is 21.2. The van der Waals surface area contributed by atoms with Crippen LogP contribution in [0.5, 0.6) is 5.75 Å². The Kier molecular flexibility index (Phi) is 8.59. The highest BCUT2D eigenvalue weighted by atomic mass is 127. The molecule has 1 aromatic carbocycles. The summed E-state index contributed by atoms with van der Waals surface area (Å²) in [5.74, 6) is 2.26. The van der Waals surface area contributed by atoms with Gasteiger partial charge in [-0.15, -0.1) is 35.3 Å². The largest absolute Gasteiger partial charge is 0.497 e. The molecule has 6 nitrogen and oxygen atoms in total. The second kappa shape index (κ2) is 10.9. The summed E-state index contributed by atoms with van der Waals surface area (Å²) < 4.78 is 10.7. The van der Waals surface area contributed by atoms with E-state index in [-0.39, 0.29) is 24.0 Å². The molecule has 0 spiro atoms. The van der Waals surface area contributed by atoms with Gasteiger partial charge in [0.1, 0.15) is 12.0 Å². The average Bonchev–Trinajstić information content (AvgIpc) is 3.36. The van der Waals surface area contributed by atoms with Gasteiger partial charge in [-0.2, -0.15) is 0 Å². The van der Waals surface area contributed by atoms with Crippen molar-refractivity contribution < 1.29 is 9.15 Å². The summed E-state index contributed by atoms with van der Waals surface area (Å²) in [5, 5.41) is 8.56. The van der Waals surface area contributed by atoms with Gasteiger partial charge in [0.25, 0.3) is 0 Å². The molecule has 144 valence electrons. The van der Waals surface area contributed by atoms with Crippen molar-refractivity contribution in [1.29, 1.82) is 0 Å². The minimum Gasteiger partial charge on any atom is -0.497 e. The Labute approximate surface area is 180 Å². The van der Waals surface area contributed by atoms with Gasteiger partial charge in [-0.25, -0.2) is 4.98 Å². The molecular formula is C19H23IN4O2S. The van der Waals surface area contributed by atoms with Crippen molar-refractivity contribution in [2.24, 2.45) is 4.99 Å². The molecule has 0 unspecified atom stereocenters. The Hall–Kier alpha value is -2.07. The first-order valence-electron chi connectivity index (χ1n) is 8.34. The van der Waals surface area contributed by atoms with Gasteiger partial charge in [0.05, 0.1) is 24.2 Å². The second-order valence-electron chi connectivity index (χ2n) is 5.57. The van der Waals surface area contributed by atoms with E-state index in [4.69, 9.17) is 9.15 Å². The maximum absolute atomic E-state index is 5.52. The summed E-state index contributed by atoms with van der Waals surface area (Å²) in [7, 11) is 3.42. The van der Waals surface area contributed by atoms with Crippen LogP contribution < -0.4 is 15.4 Å². The van der Waals surface area contributed by atoms with Gasteiger partial charge in [-0.05, 0) is 35.6 Å². The first-order chi connectivity index (χ1) is 12.8. The number of methoxy groups -OCH3 is 1. The van der Waals surface area contributed by atoms with Gasteiger partial charge in [0, 0.05) is 13.6 Å². The average molecular weight is 498 g/mol. The van der Waals surface area contributed by atoms with Crippen LogP contribution >= 0.6 is 35.3 Å². The molecule has 0 amide bonds. The highest BCUT2D eigenvalue weighted by molar-refractivity contribution is 14.0. The number of aliphatic imine (C=N–C) groups is 1. The normalized spacial score (nSPS) is 11.0. The van der Waals surface area contributed by atoms with E-state index < -0.39 is 0 Å². The van der Waals surface area contributed by atoms with Crippen LogP contribution in [-0.4, -0.2) is 31.6 Å². The van der Waals surface area contributed by atoms with Gasteiger partial charge in [0.2, 0.25) is 5.89 Å². The van der Waals surface area contributed by atoms with Crippen LogP contribution in [0, 0.1) is 0 Å². The zero-order valence-electron chi connectivity index (χ0n) is 15.3. The number of halogens is 1. The molecule has 8 heteroatoms. The van der Waals surface area contributed by atoms with Crippen molar-refractivity contribution in [3.63, 3.8) is 0 Å². The third-order valence-corrected chi connectivity index (χ3v) is 4.67. The summed E-state index contributed by atoms with van der Waals surface area (Å²) in [6.45, 7) is 1.34. The molecule has 3 aromatic rings. The van der Waals surface area contributed by atoms with E-state index in [0.29, 0.717) is 12.4 Å². The van der Waals surface area contributed by atoms with Crippen LogP contribution in [0.4, 0.5) is 0 Å². The van der Waals surface area contributed by atoms with E-state index in [9.17, 15) is 0 Å². The third-order valence-electron chi connectivity index (χ3n) is 3.81. The fourth-order valence-corrected chi connectivity index (χ4v) is 3.07. The number of aromatic nitrogens is 1. The fourth-order valence-electron chi connectivity index (χ4n) is 2.41. The lowest BCUT2D eigenvalue weighted by Crippen LogP contribution is -2.37. The van der Waals surface area contributed by atoms with Crippen LogP contribution in [0.1, 0.15) is 11.3 Å². The Morgan fingerprint density at radius 2 is 2.04 bits per heavy atom. The molecule has 27 heavy (non-hydrogen) atoms. The molecular weight excluding hydrogens is 475 g/mol. The van der Waals surface area contributed by atoms with E-state index in [1.54, 1.807) is 31.8 Å². The standard InChI is InChI=1S/C19H22N4O2S.HI/c1-20-19(21-10-9-14-5-7-16(24-2)8-6-14)22-12-15-13-25-18(23-15)17-4-3-11-26-17;/h3-8,11,13H,9-10,12H2,1-2H3,(H2,20,21,22);1H. The maximum Gasteiger partial charge on any atom is 0.236 e. The monoisotopic (exact) mass is 498 g/mol. The number of rotatable bonds is 7. The Morgan fingerprint density at radius 1 is 1.22 bits per heavy atom. The summed E-state index contributed by atoms with van der Waals surface area (Å²) in [4.78, 5) is 9.75. The van der Waals surface area contributed by atoms with Crippen LogP contribution in [0.2, 0.25) is 0 Å². The summed E-state index contributed by atoms with van der Waals surface area (Å²) in [5.41, 5.74) is 2.08. The fraction of sp³-hybridized carbons (Fsp3) is 0.263. The molecule has 0 aliphatic carbocycles. The maximum atomic E-state index is 5.52. The predicted molar refractivity (Wildman–Crippen MR) is 120 cm³/mol. The highest BCUT2D eigenvalue weighted by Gasteiger charge is 2.08. The third kappa shape index (κ3) is 6.24. The van der Waals surface area contributed by atoms with Crippen LogP contribution in [0.25, 0.3) is 10.8 Å². The van der Waals surface area contributed by atoms with E-state index in [1.165, 1.54) is 5.56 Å². The Bertz CT molecular complexity index is 832. The van der Waals surface area contributed by atoms with Gasteiger partial charge in [-0.3, -0.25) is 4.99 Å². The van der Waals surface area contributed by atoms with E-state index in [1.807, 2.05) is 29.6 Å². The van der Waals surface area contributed by atoms with Crippen LogP contribution in [0.15, 0.2) is 57.5 Å². The zero-order chi connectivity index (χ0) is 18.2. The van der Waals surface area contributed by atoms with E-state index >= 15 is 0 Å². The smallest absolute Gasteiger partial charge is 0.236 e. The molecule has 2 aromatic heterocycles. The molecule has 0 atom stereocenters. The number of guanidine groups is 1. The number of thiophene rings is 1. The van der Waals surface area contributed by atoms with Crippen molar-refractivity contribution in [3.05, 3.63) is 59.3 Å². The molecule has 0 fully saturated rings. The van der Waals surface area contributed by atoms with Gasteiger partial charge in [0.15, 0.2) is 5.96 Å². The number of oxazole rings is 1. The Balaban J connectivity index is 0.00000261. The molecule has 2 N–H and O–H groups in total. The van der Waals surface area contributed by atoms with Crippen molar-refractivity contribution in [2.45, 2.75) is 13.0 Å². The lowest BCUT2D eigenvalue weighted by molar-refractivity contribution is 0.414. The first-order valence-corrected chi connectivity index (χ1v) is 9.22. The molecule has 0 aliphatic rings. The van der Waals surface area contributed by atoms with Gasteiger partial charge >= 0.3 is 0 Å². The predicted octanol–water partition coefficient (Wildman–Crippen LogP) is 3.94. The number of hydrogen-bond acceptors (Lipinski definition) is 5. The number of ether oxygens (including phenoxy) is 1. The number of nitrogens with zero attached hydrogens (tertiary/aromatic N) is 2. The molecule has 0 radical (unpaired) electrons. The molecule has 0 bridgehead atoms. The number of hydrogen-bond donors (Lipinski definition) is 2. The second-order valence-corrected chi connectivity index (χ2v) is 6.52. The molecule has 3 rings (SSSR count). The van der Waals surface area contributed by atoms with E-state index in [2.05, 4.69) is 32.7 Å².